The molecule has 1 heterocycles. The number of carbonyl (C=O) groups is 2. The SMILES string of the molecule is CC(C)N=Nc1ccc(C(=O)NCCCOCCOCCOCCCNC(=O)OC(C)(C)C)cn1. The number of azo groups is 1. The second-order valence-electron chi connectivity index (χ2n) is 8.94. The predicted octanol–water partition coefficient (Wildman–Crippen LogP) is 3.66. The van der Waals surface area contributed by atoms with Gasteiger partial charge in [0.05, 0.1) is 38.0 Å². The molecule has 0 aliphatic heterocycles. The highest BCUT2D eigenvalue weighted by Gasteiger charge is 2.15. The maximum Gasteiger partial charge on any atom is 0.407 e. The fourth-order valence-electron chi connectivity index (χ4n) is 2.45. The fraction of sp³-hybridized carbons (Fsp3) is 0.708. The molecule has 0 aromatic carbocycles. The number of aromatic nitrogens is 1. The third-order valence-electron chi connectivity index (χ3n) is 4.03. The van der Waals surface area contributed by atoms with Crippen LogP contribution < -0.4 is 10.6 Å². The summed E-state index contributed by atoms with van der Waals surface area (Å²) in [5, 5.41) is 13.5. The van der Waals surface area contributed by atoms with E-state index in [1.807, 2.05) is 34.6 Å². The van der Waals surface area contributed by atoms with Crippen molar-refractivity contribution in [2.45, 2.75) is 59.1 Å². The van der Waals surface area contributed by atoms with Crippen LogP contribution in [0, 0.1) is 0 Å². The van der Waals surface area contributed by atoms with Gasteiger partial charge in [0.25, 0.3) is 5.91 Å². The minimum atomic E-state index is -0.496. The Hall–Kier alpha value is -2.63. The lowest BCUT2D eigenvalue weighted by molar-refractivity contribution is 0.0136. The molecule has 11 heteroatoms. The lowest BCUT2D eigenvalue weighted by atomic mass is 10.2. The Balaban J connectivity index is 1.91. The molecule has 0 aliphatic carbocycles. The zero-order chi connectivity index (χ0) is 25.9. The summed E-state index contributed by atoms with van der Waals surface area (Å²) in [6.45, 7) is 13.3. The van der Waals surface area contributed by atoms with E-state index in [1.165, 1.54) is 6.20 Å². The van der Waals surface area contributed by atoms with Gasteiger partial charge in [-0.25, -0.2) is 9.78 Å². The van der Waals surface area contributed by atoms with Gasteiger partial charge in [-0.2, -0.15) is 5.11 Å². The minimum Gasteiger partial charge on any atom is -0.444 e. The molecule has 0 radical (unpaired) electrons. The molecular weight excluding hydrogens is 454 g/mol. The topological polar surface area (TPSA) is 133 Å². The number of hydrogen-bond acceptors (Lipinski definition) is 9. The van der Waals surface area contributed by atoms with Crippen molar-refractivity contribution in [3.63, 3.8) is 0 Å². The van der Waals surface area contributed by atoms with Crippen molar-refractivity contribution < 1.29 is 28.5 Å². The summed E-state index contributed by atoms with van der Waals surface area (Å²) in [6, 6.07) is 3.44. The molecule has 11 nitrogen and oxygen atoms in total. The van der Waals surface area contributed by atoms with Crippen LogP contribution in [0.15, 0.2) is 28.6 Å². The monoisotopic (exact) mass is 495 g/mol. The molecule has 1 aromatic rings. The summed E-state index contributed by atoms with van der Waals surface area (Å²) in [5.74, 6) is 0.291. The van der Waals surface area contributed by atoms with E-state index >= 15 is 0 Å². The Labute approximate surface area is 208 Å². The van der Waals surface area contributed by atoms with E-state index in [-0.39, 0.29) is 11.9 Å². The van der Waals surface area contributed by atoms with Gasteiger partial charge in [-0.05, 0) is 59.6 Å². The Morgan fingerprint density at radius 1 is 0.914 bits per heavy atom. The van der Waals surface area contributed by atoms with Crippen LogP contribution in [0.2, 0.25) is 0 Å². The lowest BCUT2D eigenvalue weighted by Gasteiger charge is -2.19. The van der Waals surface area contributed by atoms with E-state index in [9.17, 15) is 9.59 Å². The lowest BCUT2D eigenvalue weighted by Crippen LogP contribution is -2.33. The molecule has 198 valence electrons. The molecule has 1 aromatic heterocycles. The van der Waals surface area contributed by atoms with E-state index in [1.54, 1.807) is 12.1 Å². The summed E-state index contributed by atoms with van der Waals surface area (Å²) in [6.07, 6.45) is 2.46. The molecule has 1 rings (SSSR count). The average molecular weight is 496 g/mol. The molecule has 0 unspecified atom stereocenters. The Bertz CT molecular complexity index is 750. The summed E-state index contributed by atoms with van der Waals surface area (Å²) >= 11 is 0. The van der Waals surface area contributed by atoms with Crippen LogP contribution in [-0.4, -0.2) is 81.4 Å². The van der Waals surface area contributed by atoms with Crippen LogP contribution in [-0.2, 0) is 18.9 Å². The molecule has 35 heavy (non-hydrogen) atoms. The van der Waals surface area contributed by atoms with Crippen LogP contribution in [0.1, 0.15) is 57.8 Å². The molecular formula is C24H41N5O6. The van der Waals surface area contributed by atoms with Gasteiger partial charge in [0, 0.05) is 32.5 Å². The van der Waals surface area contributed by atoms with Gasteiger partial charge in [0.15, 0.2) is 5.82 Å². The predicted molar refractivity (Wildman–Crippen MR) is 132 cm³/mol. The average Bonchev–Trinajstić information content (AvgIpc) is 2.79. The van der Waals surface area contributed by atoms with Gasteiger partial charge in [-0.1, -0.05) is 0 Å². The van der Waals surface area contributed by atoms with Crippen molar-refractivity contribution >= 4 is 17.8 Å². The first-order valence-corrected chi connectivity index (χ1v) is 12.0. The Morgan fingerprint density at radius 3 is 2.00 bits per heavy atom. The standard InChI is InChI=1S/C24H41N5O6/c1-19(2)28-29-21-9-8-20(18-27-21)22(30)25-10-6-12-32-14-16-34-17-15-33-13-7-11-26-23(31)35-24(3,4)5/h8-9,18-19H,6-7,10-17H2,1-5H3,(H,25,30)(H,26,31). The summed E-state index contributed by atoms with van der Waals surface area (Å²) in [4.78, 5) is 27.7. The number of ether oxygens (including phenoxy) is 4. The number of alkyl carbamates (subject to hydrolysis) is 1. The third-order valence-corrected chi connectivity index (χ3v) is 4.03. The summed E-state index contributed by atoms with van der Waals surface area (Å²) < 4.78 is 21.5. The Morgan fingerprint density at radius 2 is 1.49 bits per heavy atom. The van der Waals surface area contributed by atoms with E-state index in [0.717, 1.165) is 0 Å². The van der Waals surface area contributed by atoms with Gasteiger partial charge >= 0.3 is 6.09 Å². The molecule has 0 atom stereocenters. The number of nitrogens with one attached hydrogen (secondary N) is 2. The molecule has 0 bridgehead atoms. The normalized spacial score (nSPS) is 11.7. The highest BCUT2D eigenvalue weighted by molar-refractivity contribution is 5.93. The molecule has 0 saturated carbocycles. The summed E-state index contributed by atoms with van der Waals surface area (Å²) in [7, 11) is 0. The molecule has 2 N–H and O–H groups in total. The minimum absolute atomic E-state index is 0.0973. The molecule has 0 spiro atoms. The van der Waals surface area contributed by atoms with E-state index in [4.69, 9.17) is 18.9 Å². The highest BCUT2D eigenvalue weighted by Crippen LogP contribution is 2.10. The van der Waals surface area contributed by atoms with Crippen molar-refractivity contribution in [2.24, 2.45) is 10.2 Å². The molecule has 2 amide bonds. The van der Waals surface area contributed by atoms with E-state index in [0.29, 0.717) is 77.0 Å². The van der Waals surface area contributed by atoms with Crippen LogP contribution in [0.25, 0.3) is 0 Å². The van der Waals surface area contributed by atoms with E-state index in [2.05, 4.69) is 25.8 Å². The number of amides is 2. The second-order valence-corrected chi connectivity index (χ2v) is 8.94. The van der Waals surface area contributed by atoms with Crippen LogP contribution >= 0.6 is 0 Å². The van der Waals surface area contributed by atoms with Crippen molar-refractivity contribution in [1.82, 2.24) is 15.6 Å². The molecule has 0 fully saturated rings. The zero-order valence-corrected chi connectivity index (χ0v) is 21.7. The maximum absolute atomic E-state index is 12.1. The van der Waals surface area contributed by atoms with E-state index < -0.39 is 11.7 Å². The van der Waals surface area contributed by atoms with Gasteiger partial charge in [0.1, 0.15) is 5.60 Å². The van der Waals surface area contributed by atoms with Crippen molar-refractivity contribution in [2.75, 3.05) is 52.7 Å². The van der Waals surface area contributed by atoms with Gasteiger partial charge in [0.2, 0.25) is 0 Å². The maximum atomic E-state index is 12.1. The molecule has 0 aliphatic rings. The summed E-state index contributed by atoms with van der Waals surface area (Å²) in [5.41, 5.74) is -0.0194. The van der Waals surface area contributed by atoms with Gasteiger partial charge in [-0.15, -0.1) is 5.11 Å². The quantitative estimate of drug-likeness (QED) is 0.249. The van der Waals surface area contributed by atoms with Crippen molar-refractivity contribution in [3.05, 3.63) is 23.9 Å². The highest BCUT2D eigenvalue weighted by atomic mass is 16.6. The second kappa shape index (κ2) is 17.8. The number of rotatable bonds is 17. The zero-order valence-electron chi connectivity index (χ0n) is 21.7. The fourth-order valence-corrected chi connectivity index (χ4v) is 2.45. The largest absolute Gasteiger partial charge is 0.444 e. The Kier molecular flexibility index (Phi) is 15.4. The van der Waals surface area contributed by atoms with Crippen LogP contribution in [0.4, 0.5) is 10.6 Å². The van der Waals surface area contributed by atoms with Crippen molar-refractivity contribution in [3.8, 4) is 0 Å². The molecule has 0 saturated heterocycles. The van der Waals surface area contributed by atoms with Crippen LogP contribution in [0.3, 0.4) is 0 Å². The first-order chi connectivity index (χ1) is 16.7. The van der Waals surface area contributed by atoms with Gasteiger partial charge in [-0.3, -0.25) is 4.79 Å². The number of nitrogens with zero attached hydrogens (tertiary/aromatic N) is 3. The number of pyridine rings is 1. The third kappa shape index (κ3) is 17.5. The first kappa shape index (κ1) is 30.4. The van der Waals surface area contributed by atoms with Crippen LogP contribution in [0.5, 0.6) is 0 Å². The smallest absolute Gasteiger partial charge is 0.407 e. The number of hydrogen-bond donors (Lipinski definition) is 2. The first-order valence-electron chi connectivity index (χ1n) is 12.0. The van der Waals surface area contributed by atoms with Gasteiger partial charge < -0.3 is 29.6 Å². The number of carbonyl (C=O) groups excluding carboxylic acids is 2. The van der Waals surface area contributed by atoms with Crippen molar-refractivity contribution in [1.29, 1.82) is 0 Å².